The van der Waals surface area contributed by atoms with Crippen molar-refractivity contribution in [1.82, 2.24) is 10.3 Å². The summed E-state index contributed by atoms with van der Waals surface area (Å²) in [4.78, 5) is 4.17. The van der Waals surface area contributed by atoms with Gasteiger partial charge >= 0.3 is 0 Å². The number of hydrogen-bond acceptors (Lipinski definition) is 2. The lowest BCUT2D eigenvalue weighted by Gasteiger charge is -2.09. The van der Waals surface area contributed by atoms with Crippen LogP contribution in [-0.2, 0) is 6.54 Å². The van der Waals surface area contributed by atoms with Gasteiger partial charge in [-0.25, -0.2) is 0 Å². The van der Waals surface area contributed by atoms with E-state index in [1.807, 2.05) is 12.4 Å². The standard InChI is InChI=1S/C12H18N2/c1-10-5-11(7-13-6-10)8-14-9-12(2)3-4-12/h5-7,14H,3-4,8-9H2,1-2H3. The van der Waals surface area contributed by atoms with Crippen LogP contribution in [0.3, 0.4) is 0 Å². The summed E-state index contributed by atoms with van der Waals surface area (Å²) in [7, 11) is 0. The number of rotatable bonds is 4. The number of aromatic nitrogens is 1. The molecular weight excluding hydrogens is 172 g/mol. The van der Waals surface area contributed by atoms with Gasteiger partial charge < -0.3 is 5.32 Å². The minimum Gasteiger partial charge on any atom is -0.312 e. The van der Waals surface area contributed by atoms with Crippen molar-refractivity contribution in [3.63, 3.8) is 0 Å². The molecule has 0 spiro atoms. The average molecular weight is 190 g/mol. The monoisotopic (exact) mass is 190 g/mol. The maximum absolute atomic E-state index is 4.17. The second kappa shape index (κ2) is 3.70. The SMILES string of the molecule is Cc1cncc(CNCC2(C)CC2)c1. The van der Waals surface area contributed by atoms with Gasteiger partial charge in [0.05, 0.1) is 0 Å². The van der Waals surface area contributed by atoms with Gasteiger partial charge in [0.2, 0.25) is 0 Å². The number of nitrogens with zero attached hydrogens (tertiary/aromatic N) is 1. The van der Waals surface area contributed by atoms with E-state index in [0.29, 0.717) is 5.41 Å². The van der Waals surface area contributed by atoms with Crippen molar-refractivity contribution in [2.45, 2.75) is 33.2 Å². The first-order valence-electron chi connectivity index (χ1n) is 5.29. The maximum atomic E-state index is 4.17. The molecule has 0 amide bonds. The Labute approximate surface area is 85.7 Å². The molecule has 14 heavy (non-hydrogen) atoms. The Kier molecular flexibility index (Phi) is 2.55. The lowest BCUT2D eigenvalue weighted by molar-refractivity contribution is 0.499. The Morgan fingerprint density at radius 2 is 2.21 bits per heavy atom. The molecule has 0 radical (unpaired) electrons. The summed E-state index contributed by atoms with van der Waals surface area (Å²) in [5.41, 5.74) is 3.12. The number of pyridine rings is 1. The fourth-order valence-electron chi connectivity index (χ4n) is 1.61. The van der Waals surface area contributed by atoms with Crippen LogP contribution in [0.2, 0.25) is 0 Å². The Bertz CT molecular complexity index is 316. The van der Waals surface area contributed by atoms with Crippen molar-refractivity contribution in [1.29, 1.82) is 0 Å². The fourth-order valence-corrected chi connectivity index (χ4v) is 1.61. The van der Waals surface area contributed by atoms with Gasteiger partial charge in [0.1, 0.15) is 0 Å². The van der Waals surface area contributed by atoms with Crippen LogP contribution in [0.25, 0.3) is 0 Å². The normalized spacial score (nSPS) is 18.1. The van der Waals surface area contributed by atoms with Gasteiger partial charge in [0, 0.05) is 25.5 Å². The van der Waals surface area contributed by atoms with Crippen LogP contribution < -0.4 is 5.32 Å². The number of nitrogens with one attached hydrogen (secondary N) is 1. The lowest BCUT2D eigenvalue weighted by atomic mass is 10.1. The summed E-state index contributed by atoms with van der Waals surface area (Å²) in [6.07, 6.45) is 6.60. The smallest absolute Gasteiger partial charge is 0.0313 e. The first-order valence-corrected chi connectivity index (χ1v) is 5.29. The third-order valence-corrected chi connectivity index (χ3v) is 2.92. The summed E-state index contributed by atoms with van der Waals surface area (Å²) < 4.78 is 0. The molecule has 0 atom stereocenters. The van der Waals surface area contributed by atoms with Crippen molar-refractivity contribution in [3.8, 4) is 0 Å². The van der Waals surface area contributed by atoms with Gasteiger partial charge in [-0.3, -0.25) is 4.98 Å². The van der Waals surface area contributed by atoms with Crippen LogP contribution in [-0.4, -0.2) is 11.5 Å². The first-order chi connectivity index (χ1) is 6.68. The molecule has 1 heterocycles. The Balaban J connectivity index is 1.80. The highest BCUT2D eigenvalue weighted by Gasteiger charge is 2.36. The van der Waals surface area contributed by atoms with E-state index in [4.69, 9.17) is 0 Å². The molecule has 1 aliphatic rings. The molecule has 0 saturated heterocycles. The van der Waals surface area contributed by atoms with Gasteiger partial charge in [-0.2, -0.15) is 0 Å². The fraction of sp³-hybridized carbons (Fsp3) is 0.583. The summed E-state index contributed by atoms with van der Waals surface area (Å²) in [6.45, 7) is 6.51. The second-order valence-corrected chi connectivity index (χ2v) is 4.78. The largest absolute Gasteiger partial charge is 0.312 e. The van der Waals surface area contributed by atoms with E-state index in [1.165, 1.54) is 24.0 Å². The topological polar surface area (TPSA) is 24.9 Å². The molecule has 1 N–H and O–H groups in total. The lowest BCUT2D eigenvalue weighted by Crippen LogP contribution is -2.21. The molecule has 1 aliphatic carbocycles. The molecule has 76 valence electrons. The molecular formula is C12H18N2. The van der Waals surface area contributed by atoms with Crippen LogP contribution in [0.4, 0.5) is 0 Å². The predicted octanol–water partition coefficient (Wildman–Crippen LogP) is 2.28. The molecule has 0 aromatic carbocycles. The van der Waals surface area contributed by atoms with Crippen LogP contribution in [0, 0.1) is 12.3 Å². The van der Waals surface area contributed by atoms with E-state index >= 15 is 0 Å². The zero-order valence-electron chi connectivity index (χ0n) is 9.01. The van der Waals surface area contributed by atoms with Crippen LogP contribution in [0.15, 0.2) is 18.5 Å². The predicted molar refractivity (Wildman–Crippen MR) is 58.0 cm³/mol. The molecule has 2 heteroatoms. The van der Waals surface area contributed by atoms with Gasteiger partial charge in [-0.1, -0.05) is 13.0 Å². The van der Waals surface area contributed by atoms with Crippen molar-refractivity contribution < 1.29 is 0 Å². The van der Waals surface area contributed by atoms with Crippen molar-refractivity contribution in [2.24, 2.45) is 5.41 Å². The zero-order valence-corrected chi connectivity index (χ0v) is 9.01. The van der Waals surface area contributed by atoms with E-state index in [1.54, 1.807) is 0 Å². The molecule has 1 aromatic heterocycles. The average Bonchev–Trinajstić information content (AvgIpc) is 2.84. The highest BCUT2D eigenvalue weighted by Crippen LogP contribution is 2.44. The number of hydrogen-bond donors (Lipinski definition) is 1. The van der Waals surface area contributed by atoms with Crippen LogP contribution in [0.1, 0.15) is 30.9 Å². The minimum absolute atomic E-state index is 0.594. The molecule has 0 aliphatic heterocycles. The maximum Gasteiger partial charge on any atom is 0.0313 e. The molecule has 2 rings (SSSR count). The summed E-state index contributed by atoms with van der Waals surface area (Å²) >= 11 is 0. The summed E-state index contributed by atoms with van der Waals surface area (Å²) in [6, 6.07) is 2.19. The van der Waals surface area contributed by atoms with Crippen LogP contribution >= 0.6 is 0 Å². The highest BCUT2D eigenvalue weighted by molar-refractivity contribution is 5.16. The van der Waals surface area contributed by atoms with Gasteiger partial charge in [0.15, 0.2) is 0 Å². The first kappa shape index (κ1) is 9.66. The summed E-state index contributed by atoms with van der Waals surface area (Å²) in [5.74, 6) is 0. The van der Waals surface area contributed by atoms with Crippen molar-refractivity contribution >= 4 is 0 Å². The van der Waals surface area contributed by atoms with Gasteiger partial charge in [-0.15, -0.1) is 0 Å². The third-order valence-electron chi connectivity index (χ3n) is 2.92. The van der Waals surface area contributed by atoms with E-state index in [2.05, 4.69) is 30.2 Å². The Hall–Kier alpha value is -0.890. The molecule has 0 bridgehead atoms. The molecule has 1 fully saturated rings. The third kappa shape index (κ3) is 2.55. The van der Waals surface area contributed by atoms with E-state index in [9.17, 15) is 0 Å². The van der Waals surface area contributed by atoms with E-state index < -0.39 is 0 Å². The van der Waals surface area contributed by atoms with Gasteiger partial charge in [-0.05, 0) is 36.3 Å². The quantitative estimate of drug-likeness (QED) is 0.788. The van der Waals surface area contributed by atoms with Crippen molar-refractivity contribution in [3.05, 3.63) is 29.6 Å². The van der Waals surface area contributed by atoms with Crippen LogP contribution in [0.5, 0.6) is 0 Å². The molecule has 1 aromatic rings. The van der Waals surface area contributed by atoms with Crippen molar-refractivity contribution in [2.75, 3.05) is 6.54 Å². The second-order valence-electron chi connectivity index (χ2n) is 4.78. The molecule has 2 nitrogen and oxygen atoms in total. The Morgan fingerprint density at radius 3 is 2.86 bits per heavy atom. The highest BCUT2D eigenvalue weighted by atomic mass is 14.9. The number of aryl methyl sites for hydroxylation is 1. The van der Waals surface area contributed by atoms with E-state index in [-0.39, 0.29) is 0 Å². The van der Waals surface area contributed by atoms with E-state index in [0.717, 1.165) is 13.1 Å². The zero-order chi connectivity index (χ0) is 10.0. The van der Waals surface area contributed by atoms with Gasteiger partial charge in [0.25, 0.3) is 0 Å². The Morgan fingerprint density at radius 1 is 1.43 bits per heavy atom. The minimum atomic E-state index is 0.594. The molecule has 1 saturated carbocycles. The molecule has 0 unspecified atom stereocenters. The summed E-state index contributed by atoms with van der Waals surface area (Å²) in [5, 5.41) is 3.49.